The first-order chi connectivity index (χ1) is 10.3. The molecule has 0 saturated heterocycles. The quantitative estimate of drug-likeness (QED) is 0.914. The van der Waals surface area contributed by atoms with Gasteiger partial charge in [-0.2, -0.15) is 0 Å². The monoisotopic (exact) mass is 287 g/mol. The number of aryl methyl sites for hydroxylation is 1. The largest absolute Gasteiger partial charge is 0.486 e. The van der Waals surface area contributed by atoms with Gasteiger partial charge >= 0.3 is 0 Å². The number of rotatable bonds is 5. The van der Waals surface area contributed by atoms with Crippen molar-refractivity contribution in [1.29, 1.82) is 0 Å². The second kappa shape index (κ2) is 6.22. The minimum absolute atomic E-state index is 0.219. The van der Waals surface area contributed by atoms with E-state index in [1.165, 1.54) is 5.56 Å². The van der Waals surface area contributed by atoms with Crippen LogP contribution in [0.3, 0.4) is 0 Å². The van der Waals surface area contributed by atoms with Crippen molar-refractivity contribution >= 4 is 0 Å². The van der Waals surface area contributed by atoms with Crippen LogP contribution in [0.2, 0.25) is 0 Å². The highest BCUT2D eigenvalue weighted by Crippen LogP contribution is 2.32. The third-order valence-electron chi connectivity index (χ3n) is 3.71. The average molecular weight is 287 g/mol. The number of hydrogen-bond donors (Lipinski definition) is 1. The number of ether oxygens (including phenoxy) is 2. The van der Waals surface area contributed by atoms with E-state index in [9.17, 15) is 0 Å². The summed E-state index contributed by atoms with van der Waals surface area (Å²) in [6.07, 6.45) is 0.928. The second-order valence-corrected chi connectivity index (χ2v) is 5.23. The maximum absolute atomic E-state index is 5.70. The maximum Gasteiger partial charge on any atom is 0.161 e. The van der Waals surface area contributed by atoms with Crippen molar-refractivity contribution in [3.05, 3.63) is 47.4 Å². The van der Waals surface area contributed by atoms with Gasteiger partial charge in [0.1, 0.15) is 24.7 Å². The zero-order chi connectivity index (χ0) is 14.7. The van der Waals surface area contributed by atoms with Gasteiger partial charge in [-0.15, -0.1) is 0 Å². The number of nitrogens with one attached hydrogen (secondary N) is 1. The van der Waals surface area contributed by atoms with E-state index in [1.54, 1.807) is 0 Å². The van der Waals surface area contributed by atoms with Crippen molar-refractivity contribution in [1.82, 2.24) is 5.32 Å². The topological polar surface area (TPSA) is 43.6 Å². The van der Waals surface area contributed by atoms with Gasteiger partial charge in [-0.25, -0.2) is 0 Å². The number of furan rings is 1. The van der Waals surface area contributed by atoms with E-state index >= 15 is 0 Å². The molecule has 1 aromatic carbocycles. The Kier molecular flexibility index (Phi) is 4.15. The Bertz CT molecular complexity index is 606. The van der Waals surface area contributed by atoms with Gasteiger partial charge in [0.15, 0.2) is 11.5 Å². The Morgan fingerprint density at radius 2 is 1.81 bits per heavy atom. The lowest BCUT2D eigenvalue weighted by Gasteiger charge is -2.21. The van der Waals surface area contributed by atoms with E-state index in [4.69, 9.17) is 13.9 Å². The lowest BCUT2D eigenvalue weighted by Crippen LogP contribution is -2.19. The third-order valence-corrected chi connectivity index (χ3v) is 3.71. The number of benzene rings is 1. The molecule has 1 N–H and O–H groups in total. The molecular weight excluding hydrogens is 266 g/mol. The summed E-state index contributed by atoms with van der Waals surface area (Å²) in [6.45, 7) is 6.18. The lowest BCUT2D eigenvalue weighted by atomic mass is 10.1. The highest BCUT2D eigenvalue weighted by molar-refractivity contribution is 5.44. The van der Waals surface area contributed by atoms with Crippen LogP contribution in [-0.2, 0) is 13.0 Å². The first-order valence-corrected chi connectivity index (χ1v) is 7.47. The molecule has 1 atom stereocenters. The molecule has 3 rings (SSSR count). The minimum Gasteiger partial charge on any atom is -0.486 e. The Morgan fingerprint density at radius 3 is 2.57 bits per heavy atom. The zero-order valence-electron chi connectivity index (χ0n) is 12.5. The van der Waals surface area contributed by atoms with Gasteiger partial charge in [-0.3, -0.25) is 0 Å². The molecular formula is C17H21NO3. The molecule has 21 heavy (non-hydrogen) atoms. The SMILES string of the molecule is CCc1ccc(CNC(C)c2ccc3c(c2)OCCO3)o1. The van der Waals surface area contributed by atoms with Crippen molar-refractivity contribution in [3.63, 3.8) is 0 Å². The summed E-state index contributed by atoms with van der Waals surface area (Å²) in [5.41, 5.74) is 1.18. The van der Waals surface area contributed by atoms with E-state index in [1.807, 2.05) is 24.3 Å². The standard InChI is InChI=1S/C17H21NO3/c1-3-14-5-6-15(21-14)11-18-12(2)13-4-7-16-17(10-13)20-9-8-19-16/h4-7,10,12,18H,3,8-9,11H2,1-2H3. The predicted octanol–water partition coefficient (Wildman–Crippen LogP) is 3.46. The molecule has 0 fully saturated rings. The van der Waals surface area contributed by atoms with Crippen molar-refractivity contribution in [2.75, 3.05) is 13.2 Å². The first-order valence-electron chi connectivity index (χ1n) is 7.47. The first kappa shape index (κ1) is 14.0. The van der Waals surface area contributed by atoms with Gasteiger partial charge in [0.2, 0.25) is 0 Å². The molecule has 0 saturated carbocycles. The van der Waals surface area contributed by atoms with Crippen LogP contribution in [0.25, 0.3) is 0 Å². The molecule has 1 aliphatic rings. The van der Waals surface area contributed by atoms with Gasteiger partial charge in [-0.1, -0.05) is 13.0 Å². The summed E-state index contributed by atoms with van der Waals surface area (Å²) in [5, 5.41) is 3.47. The highest BCUT2D eigenvalue weighted by Gasteiger charge is 2.14. The molecule has 4 nitrogen and oxygen atoms in total. The second-order valence-electron chi connectivity index (χ2n) is 5.23. The molecule has 2 aromatic rings. The fraction of sp³-hybridized carbons (Fsp3) is 0.412. The van der Waals surface area contributed by atoms with E-state index in [-0.39, 0.29) is 6.04 Å². The Balaban J connectivity index is 1.63. The van der Waals surface area contributed by atoms with E-state index in [0.29, 0.717) is 13.2 Å². The van der Waals surface area contributed by atoms with Gasteiger partial charge in [0.25, 0.3) is 0 Å². The Labute approximate surface area is 125 Å². The van der Waals surface area contributed by atoms with Crippen LogP contribution >= 0.6 is 0 Å². The van der Waals surface area contributed by atoms with Gasteiger partial charge < -0.3 is 19.2 Å². The van der Waals surface area contributed by atoms with E-state index in [2.05, 4.69) is 25.2 Å². The normalized spacial score (nSPS) is 15.0. The van der Waals surface area contributed by atoms with Crippen molar-refractivity contribution < 1.29 is 13.9 Å². The van der Waals surface area contributed by atoms with Crippen LogP contribution in [0.1, 0.15) is 37.0 Å². The Morgan fingerprint density at radius 1 is 1.05 bits per heavy atom. The van der Waals surface area contributed by atoms with Crippen LogP contribution in [0.4, 0.5) is 0 Å². The van der Waals surface area contributed by atoms with Crippen molar-refractivity contribution in [3.8, 4) is 11.5 Å². The summed E-state index contributed by atoms with van der Waals surface area (Å²) in [4.78, 5) is 0. The molecule has 1 aliphatic heterocycles. The summed E-state index contributed by atoms with van der Waals surface area (Å²) in [6, 6.07) is 10.4. The highest BCUT2D eigenvalue weighted by atomic mass is 16.6. The number of fused-ring (bicyclic) bond motifs is 1. The fourth-order valence-electron chi connectivity index (χ4n) is 2.41. The van der Waals surface area contributed by atoms with Crippen LogP contribution in [0, 0.1) is 0 Å². The molecule has 0 amide bonds. The molecule has 1 aromatic heterocycles. The maximum atomic E-state index is 5.70. The molecule has 0 bridgehead atoms. The van der Waals surface area contributed by atoms with Gasteiger partial charge in [0.05, 0.1) is 6.54 Å². The van der Waals surface area contributed by atoms with E-state index < -0.39 is 0 Å². The summed E-state index contributed by atoms with van der Waals surface area (Å²) in [5.74, 6) is 3.66. The van der Waals surface area contributed by atoms with Crippen LogP contribution < -0.4 is 14.8 Å². The molecule has 112 valence electrons. The lowest BCUT2D eigenvalue weighted by molar-refractivity contribution is 0.171. The van der Waals surface area contributed by atoms with Crippen LogP contribution in [0.5, 0.6) is 11.5 Å². The predicted molar refractivity (Wildman–Crippen MR) is 80.8 cm³/mol. The molecule has 4 heteroatoms. The summed E-state index contributed by atoms with van der Waals surface area (Å²) < 4.78 is 16.9. The Hall–Kier alpha value is -1.94. The van der Waals surface area contributed by atoms with Crippen molar-refractivity contribution in [2.45, 2.75) is 32.9 Å². The van der Waals surface area contributed by atoms with Crippen LogP contribution in [0.15, 0.2) is 34.7 Å². The molecule has 0 radical (unpaired) electrons. The van der Waals surface area contributed by atoms with E-state index in [0.717, 1.165) is 36.0 Å². The third kappa shape index (κ3) is 3.22. The smallest absolute Gasteiger partial charge is 0.161 e. The molecule has 1 unspecified atom stereocenters. The number of hydrogen-bond acceptors (Lipinski definition) is 4. The summed E-state index contributed by atoms with van der Waals surface area (Å²) in [7, 11) is 0. The zero-order valence-corrected chi connectivity index (χ0v) is 12.5. The van der Waals surface area contributed by atoms with Crippen molar-refractivity contribution in [2.24, 2.45) is 0 Å². The molecule has 2 heterocycles. The molecule has 0 spiro atoms. The fourth-order valence-corrected chi connectivity index (χ4v) is 2.41. The molecule has 0 aliphatic carbocycles. The summed E-state index contributed by atoms with van der Waals surface area (Å²) >= 11 is 0. The minimum atomic E-state index is 0.219. The van der Waals surface area contributed by atoms with Crippen LogP contribution in [-0.4, -0.2) is 13.2 Å². The average Bonchev–Trinajstić information content (AvgIpc) is 3.00. The van der Waals surface area contributed by atoms with Gasteiger partial charge in [-0.05, 0) is 36.8 Å². The van der Waals surface area contributed by atoms with Gasteiger partial charge in [0, 0.05) is 12.5 Å².